The van der Waals surface area contributed by atoms with Crippen LogP contribution in [-0.2, 0) is 10.0 Å². The molecule has 0 saturated carbocycles. The molecule has 9 heteroatoms. The van der Waals surface area contributed by atoms with Gasteiger partial charge in [0.25, 0.3) is 5.91 Å². The molecule has 0 radical (unpaired) electrons. The molecule has 0 spiro atoms. The van der Waals surface area contributed by atoms with Gasteiger partial charge in [0.15, 0.2) is 5.82 Å². The summed E-state index contributed by atoms with van der Waals surface area (Å²) in [7, 11) is -3.58. The third kappa shape index (κ3) is 3.94. The number of aryl methyl sites for hydroxylation is 1. The molecule has 0 aromatic carbocycles. The van der Waals surface area contributed by atoms with Crippen LogP contribution in [0.5, 0.6) is 0 Å². The van der Waals surface area contributed by atoms with Gasteiger partial charge in [-0.1, -0.05) is 19.0 Å². The van der Waals surface area contributed by atoms with E-state index in [0.29, 0.717) is 41.4 Å². The predicted octanol–water partition coefficient (Wildman–Crippen LogP) is 2.96. The Hall–Kier alpha value is -1.71. The van der Waals surface area contributed by atoms with Gasteiger partial charge in [-0.05, 0) is 31.2 Å². The fraction of sp³-hybridized carbons (Fsp3) is 0.500. The number of thiophene rings is 1. The first-order valence-electron chi connectivity index (χ1n) is 8.09. The van der Waals surface area contributed by atoms with E-state index in [1.54, 1.807) is 13.0 Å². The number of carbonyl (C=O) groups is 1. The van der Waals surface area contributed by atoms with Gasteiger partial charge < -0.3 is 9.84 Å². The van der Waals surface area contributed by atoms with Crippen molar-refractivity contribution in [3.63, 3.8) is 0 Å². The maximum Gasteiger partial charge on any atom is 0.267 e. The van der Waals surface area contributed by atoms with Crippen molar-refractivity contribution in [3.05, 3.63) is 28.2 Å². The standard InChI is InChI=1S/C16H21N3O4S2/c1-10-4-11(2)8-19(7-10)25(21,22)13-6-14(24-9-13)16(20)17-15-5-12(3)23-18-15/h5-6,9-11H,4,7-8H2,1-3H3,(H,17,18,20). The average molecular weight is 383 g/mol. The number of nitrogens with one attached hydrogen (secondary N) is 1. The number of rotatable bonds is 4. The van der Waals surface area contributed by atoms with E-state index in [-0.39, 0.29) is 4.90 Å². The maximum atomic E-state index is 12.8. The van der Waals surface area contributed by atoms with E-state index in [1.807, 2.05) is 0 Å². The number of hydrogen-bond donors (Lipinski definition) is 1. The summed E-state index contributed by atoms with van der Waals surface area (Å²) in [6.45, 7) is 6.87. The molecule has 1 saturated heterocycles. The molecule has 0 bridgehead atoms. The van der Waals surface area contributed by atoms with E-state index in [4.69, 9.17) is 4.52 Å². The molecule has 2 unspecified atom stereocenters. The van der Waals surface area contributed by atoms with Gasteiger partial charge in [0.05, 0.1) is 9.77 Å². The lowest BCUT2D eigenvalue weighted by molar-refractivity contribution is 0.102. The van der Waals surface area contributed by atoms with Gasteiger partial charge in [-0.3, -0.25) is 4.79 Å². The third-order valence-electron chi connectivity index (χ3n) is 4.14. The Bertz CT molecular complexity index is 862. The number of amides is 1. The minimum atomic E-state index is -3.58. The number of nitrogens with zero attached hydrogens (tertiary/aromatic N) is 2. The fourth-order valence-electron chi connectivity index (χ4n) is 3.13. The van der Waals surface area contributed by atoms with E-state index < -0.39 is 15.9 Å². The first-order valence-corrected chi connectivity index (χ1v) is 10.4. The molecule has 3 heterocycles. The number of carbonyl (C=O) groups excluding carboxylic acids is 1. The van der Waals surface area contributed by atoms with Crippen molar-refractivity contribution in [2.75, 3.05) is 18.4 Å². The van der Waals surface area contributed by atoms with E-state index in [9.17, 15) is 13.2 Å². The molecule has 25 heavy (non-hydrogen) atoms. The largest absolute Gasteiger partial charge is 0.360 e. The summed E-state index contributed by atoms with van der Waals surface area (Å²) < 4.78 is 32.1. The number of sulfonamides is 1. The smallest absolute Gasteiger partial charge is 0.267 e. The summed E-state index contributed by atoms with van der Waals surface area (Å²) in [6.07, 6.45) is 1.03. The molecule has 1 aliphatic rings. The van der Waals surface area contributed by atoms with Crippen LogP contribution in [0.15, 0.2) is 26.9 Å². The normalized spacial score (nSPS) is 22.0. The minimum absolute atomic E-state index is 0.167. The molecule has 2 atom stereocenters. The molecule has 1 fully saturated rings. The van der Waals surface area contributed by atoms with Crippen LogP contribution in [0.25, 0.3) is 0 Å². The summed E-state index contributed by atoms with van der Waals surface area (Å²) in [5.74, 6) is 1.14. The Balaban J connectivity index is 1.76. The number of aromatic nitrogens is 1. The highest BCUT2D eigenvalue weighted by Crippen LogP contribution is 2.29. The van der Waals surface area contributed by atoms with Crippen molar-refractivity contribution in [3.8, 4) is 0 Å². The van der Waals surface area contributed by atoms with Gasteiger partial charge in [0.1, 0.15) is 5.76 Å². The topological polar surface area (TPSA) is 92.5 Å². The lowest BCUT2D eigenvalue weighted by atomic mass is 9.94. The van der Waals surface area contributed by atoms with Crippen molar-refractivity contribution in [1.29, 1.82) is 0 Å². The average Bonchev–Trinajstić information content (AvgIpc) is 3.16. The van der Waals surface area contributed by atoms with Crippen LogP contribution in [0.4, 0.5) is 5.82 Å². The number of anilines is 1. The second-order valence-corrected chi connectivity index (χ2v) is 9.54. The van der Waals surface area contributed by atoms with Crippen LogP contribution in [0.1, 0.15) is 35.7 Å². The van der Waals surface area contributed by atoms with Gasteiger partial charge in [0.2, 0.25) is 10.0 Å². The predicted molar refractivity (Wildman–Crippen MR) is 95.2 cm³/mol. The fourth-order valence-corrected chi connectivity index (χ4v) is 5.96. The zero-order valence-electron chi connectivity index (χ0n) is 14.4. The quantitative estimate of drug-likeness (QED) is 0.876. The van der Waals surface area contributed by atoms with Crippen LogP contribution in [0.3, 0.4) is 0 Å². The first kappa shape index (κ1) is 18.1. The second kappa shape index (κ2) is 6.89. The Kier molecular flexibility index (Phi) is 4.99. The SMILES string of the molecule is Cc1cc(NC(=O)c2cc(S(=O)(=O)N3CC(C)CC(C)C3)cs2)no1. The molecular weight excluding hydrogens is 362 g/mol. The molecule has 2 aromatic rings. The van der Waals surface area contributed by atoms with E-state index in [2.05, 4.69) is 24.3 Å². The maximum absolute atomic E-state index is 12.8. The lowest BCUT2D eigenvalue weighted by Crippen LogP contribution is -2.42. The summed E-state index contributed by atoms with van der Waals surface area (Å²) in [5, 5.41) is 7.81. The molecule has 136 valence electrons. The van der Waals surface area contributed by atoms with Gasteiger partial charge in [0, 0.05) is 24.5 Å². The third-order valence-corrected chi connectivity index (χ3v) is 7.03. The van der Waals surface area contributed by atoms with Crippen molar-refractivity contribution in [1.82, 2.24) is 9.46 Å². The zero-order valence-corrected chi connectivity index (χ0v) is 16.0. The Morgan fingerprint density at radius 3 is 2.60 bits per heavy atom. The van der Waals surface area contributed by atoms with Crippen LogP contribution in [-0.4, -0.2) is 36.9 Å². The molecular formula is C16H21N3O4S2. The second-order valence-electron chi connectivity index (χ2n) is 6.69. The van der Waals surface area contributed by atoms with Gasteiger partial charge in [-0.15, -0.1) is 11.3 Å². The summed E-state index contributed by atoms with van der Waals surface area (Å²) >= 11 is 1.10. The number of piperidine rings is 1. The monoisotopic (exact) mass is 383 g/mol. The van der Waals surface area contributed by atoms with Crippen molar-refractivity contribution in [2.45, 2.75) is 32.1 Å². The van der Waals surface area contributed by atoms with Crippen LogP contribution in [0, 0.1) is 18.8 Å². The highest BCUT2D eigenvalue weighted by molar-refractivity contribution is 7.89. The Morgan fingerprint density at radius 1 is 1.32 bits per heavy atom. The first-order chi connectivity index (χ1) is 11.8. The number of hydrogen-bond acceptors (Lipinski definition) is 6. The lowest BCUT2D eigenvalue weighted by Gasteiger charge is -2.33. The summed E-state index contributed by atoms with van der Waals surface area (Å²) in [4.78, 5) is 12.7. The van der Waals surface area contributed by atoms with Crippen LogP contribution < -0.4 is 5.32 Å². The van der Waals surface area contributed by atoms with E-state index in [1.165, 1.54) is 15.8 Å². The van der Waals surface area contributed by atoms with Crippen molar-refractivity contribution in [2.24, 2.45) is 11.8 Å². The van der Waals surface area contributed by atoms with Gasteiger partial charge >= 0.3 is 0 Å². The van der Waals surface area contributed by atoms with Crippen LogP contribution in [0.2, 0.25) is 0 Å². The highest BCUT2D eigenvalue weighted by Gasteiger charge is 2.32. The summed E-state index contributed by atoms with van der Waals surface area (Å²) in [5.41, 5.74) is 0. The summed E-state index contributed by atoms with van der Waals surface area (Å²) in [6, 6.07) is 3.02. The highest BCUT2D eigenvalue weighted by atomic mass is 32.2. The van der Waals surface area contributed by atoms with Crippen molar-refractivity contribution < 1.29 is 17.7 Å². The molecule has 1 aliphatic heterocycles. The van der Waals surface area contributed by atoms with Crippen LogP contribution >= 0.6 is 11.3 Å². The molecule has 2 aromatic heterocycles. The molecule has 7 nitrogen and oxygen atoms in total. The van der Waals surface area contributed by atoms with E-state index >= 15 is 0 Å². The Morgan fingerprint density at radius 2 is 2.00 bits per heavy atom. The zero-order chi connectivity index (χ0) is 18.2. The molecule has 1 N–H and O–H groups in total. The Labute approximate surface area is 151 Å². The van der Waals surface area contributed by atoms with Crippen molar-refractivity contribution >= 4 is 33.1 Å². The molecule has 0 aliphatic carbocycles. The van der Waals surface area contributed by atoms with Gasteiger partial charge in [-0.25, -0.2) is 8.42 Å². The molecule has 1 amide bonds. The molecule has 3 rings (SSSR count). The van der Waals surface area contributed by atoms with Gasteiger partial charge in [-0.2, -0.15) is 4.31 Å². The van der Waals surface area contributed by atoms with E-state index in [0.717, 1.165) is 17.8 Å². The minimum Gasteiger partial charge on any atom is -0.360 e.